The van der Waals surface area contributed by atoms with Gasteiger partial charge in [0.2, 0.25) is 0 Å². The predicted octanol–water partition coefficient (Wildman–Crippen LogP) is 3.62. The van der Waals surface area contributed by atoms with E-state index in [0.717, 1.165) is 0 Å². The molecule has 0 aliphatic rings. The minimum absolute atomic E-state index is 0.125. The number of aliphatic hydroxyl groups excluding tert-OH is 2. The van der Waals surface area contributed by atoms with Crippen molar-refractivity contribution in [1.29, 1.82) is 0 Å². The normalized spacial score (nSPS) is 14.2. The van der Waals surface area contributed by atoms with Crippen LogP contribution in [0, 0.1) is 11.8 Å². The molecule has 3 nitrogen and oxygen atoms in total. The van der Waals surface area contributed by atoms with Crippen LogP contribution in [0.2, 0.25) is 0 Å². The first kappa shape index (κ1) is 21.2. The summed E-state index contributed by atoms with van der Waals surface area (Å²) in [6.45, 7) is 13.3. The van der Waals surface area contributed by atoms with Gasteiger partial charge in [0.15, 0.2) is 0 Å². The fraction of sp³-hybridized carbons (Fsp3) is 1.00. The molecule has 0 bridgehead atoms. The molecule has 0 fully saturated rings. The van der Waals surface area contributed by atoms with E-state index in [-0.39, 0.29) is 13.2 Å². The van der Waals surface area contributed by atoms with Crippen molar-refractivity contribution < 1.29 is 14.9 Å². The Balaban J connectivity index is 0. The van der Waals surface area contributed by atoms with Gasteiger partial charge >= 0.3 is 0 Å². The lowest BCUT2D eigenvalue weighted by Crippen LogP contribution is -2.29. The van der Waals surface area contributed by atoms with Crippen LogP contribution in [0.1, 0.15) is 67.2 Å². The minimum atomic E-state index is -0.125. The van der Waals surface area contributed by atoms with Crippen LogP contribution >= 0.6 is 0 Å². The second-order valence-corrected chi connectivity index (χ2v) is 5.73. The van der Waals surface area contributed by atoms with E-state index in [2.05, 4.69) is 41.5 Å². The molecular weight excluding hydrogens is 240 g/mol. The van der Waals surface area contributed by atoms with Gasteiger partial charge in [0.25, 0.3) is 0 Å². The first-order chi connectivity index (χ1) is 8.94. The summed E-state index contributed by atoms with van der Waals surface area (Å²) >= 11 is 0. The Morgan fingerprint density at radius 3 is 1.21 bits per heavy atom. The third kappa shape index (κ3) is 12.6. The molecule has 3 heteroatoms. The van der Waals surface area contributed by atoms with Crippen LogP contribution in [0.5, 0.6) is 0 Å². The molecule has 0 aliphatic heterocycles. The quantitative estimate of drug-likeness (QED) is 0.676. The van der Waals surface area contributed by atoms with Crippen LogP contribution in [-0.4, -0.2) is 35.6 Å². The summed E-state index contributed by atoms with van der Waals surface area (Å²) in [5, 5.41) is 15.2. The fourth-order valence-corrected chi connectivity index (χ4v) is 1.91. The molecule has 19 heavy (non-hydrogen) atoms. The Labute approximate surface area is 120 Å². The van der Waals surface area contributed by atoms with Crippen molar-refractivity contribution in [3.63, 3.8) is 0 Å². The summed E-state index contributed by atoms with van der Waals surface area (Å²) in [5.41, 5.74) is 0. The van der Waals surface area contributed by atoms with Crippen LogP contribution in [0.3, 0.4) is 0 Å². The molecule has 0 rings (SSSR count). The number of ether oxygens (including phenoxy) is 1. The molecule has 0 aromatic carbocycles. The van der Waals surface area contributed by atoms with E-state index in [9.17, 15) is 0 Å². The Hall–Kier alpha value is -0.120. The van der Waals surface area contributed by atoms with Gasteiger partial charge in [-0.05, 0) is 24.7 Å². The lowest BCUT2D eigenvalue weighted by atomic mass is 9.99. The molecule has 0 spiro atoms. The highest BCUT2D eigenvalue weighted by molar-refractivity contribution is 4.68. The van der Waals surface area contributed by atoms with E-state index in [1.54, 1.807) is 0 Å². The van der Waals surface area contributed by atoms with E-state index in [1.807, 2.05) is 0 Å². The maximum absolute atomic E-state index is 7.62. The Kier molecular flexibility index (Phi) is 15.9. The van der Waals surface area contributed by atoms with E-state index >= 15 is 0 Å². The smallest absolute Gasteiger partial charge is 0.0662 e. The second kappa shape index (κ2) is 14.3. The van der Waals surface area contributed by atoms with Crippen LogP contribution in [-0.2, 0) is 4.74 Å². The van der Waals surface area contributed by atoms with E-state index in [4.69, 9.17) is 14.9 Å². The number of aliphatic hydroxyl groups is 2. The largest absolute Gasteiger partial charge is 0.394 e. The minimum Gasteiger partial charge on any atom is -0.394 e. The van der Waals surface area contributed by atoms with Gasteiger partial charge in [-0.2, -0.15) is 0 Å². The monoisotopic (exact) mass is 276 g/mol. The third-order valence-corrected chi connectivity index (χ3v) is 3.08. The Bertz CT molecular complexity index is 151. The first-order valence-electron chi connectivity index (χ1n) is 7.81. The molecule has 0 aromatic rings. The van der Waals surface area contributed by atoms with Crippen molar-refractivity contribution in [1.82, 2.24) is 0 Å². The molecule has 0 saturated carbocycles. The summed E-state index contributed by atoms with van der Waals surface area (Å²) in [6.07, 6.45) is 5.75. The van der Waals surface area contributed by atoms with Crippen molar-refractivity contribution in [2.45, 2.75) is 79.4 Å². The molecule has 118 valence electrons. The zero-order valence-electron chi connectivity index (χ0n) is 13.9. The maximum atomic E-state index is 7.62. The van der Waals surface area contributed by atoms with E-state index in [1.165, 1.54) is 25.7 Å². The maximum Gasteiger partial charge on any atom is 0.0662 e. The van der Waals surface area contributed by atoms with Crippen molar-refractivity contribution in [3.05, 3.63) is 0 Å². The summed E-state index contributed by atoms with van der Waals surface area (Å²) in [6, 6.07) is 0. The zero-order valence-corrected chi connectivity index (χ0v) is 13.9. The highest BCUT2D eigenvalue weighted by atomic mass is 16.5. The molecule has 0 saturated heterocycles. The van der Waals surface area contributed by atoms with Crippen LogP contribution in [0.4, 0.5) is 0 Å². The van der Waals surface area contributed by atoms with Gasteiger partial charge in [0.05, 0.1) is 25.4 Å². The summed E-state index contributed by atoms with van der Waals surface area (Å²) in [4.78, 5) is 0. The van der Waals surface area contributed by atoms with Gasteiger partial charge in [-0.1, -0.05) is 54.4 Å². The molecule has 2 N–H and O–H groups in total. The van der Waals surface area contributed by atoms with Gasteiger partial charge in [-0.15, -0.1) is 0 Å². The summed E-state index contributed by atoms with van der Waals surface area (Å²) in [7, 11) is 0. The average Bonchev–Trinajstić information content (AvgIpc) is 2.37. The average molecular weight is 276 g/mol. The molecule has 2 atom stereocenters. The third-order valence-electron chi connectivity index (χ3n) is 3.08. The van der Waals surface area contributed by atoms with E-state index in [0.29, 0.717) is 24.0 Å². The van der Waals surface area contributed by atoms with Crippen LogP contribution in [0.15, 0.2) is 0 Å². The van der Waals surface area contributed by atoms with Gasteiger partial charge in [0, 0.05) is 0 Å². The predicted molar refractivity (Wildman–Crippen MR) is 82.3 cm³/mol. The van der Waals surface area contributed by atoms with Crippen LogP contribution in [0.25, 0.3) is 0 Å². The van der Waals surface area contributed by atoms with Crippen LogP contribution < -0.4 is 0 Å². The molecule has 0 amide bonds. The lowest BCUT2D eigenvalue weighted by Gasteiger charge is -2.29. The molecular formula is C16H36O3. The van der Waals surface area contributed by atoms with Crippen molar-refractivity contribution >= 4 is 0 Å². The lowest BCUT2D eigenvalue weighted by molar-refractivity contribution is -0.0636. The van der Waals surface area contributed by atoms with Crippen molar-refractivity contribution in [2.75, 3.05) is 13.2 Å². The molecule has 0 aromatic heterocycles. The molecule has 0 aliphatic carbocycles. The standard InChI is InChI=1S/C14H30O.C2H6O2/c1-7-9-13(11(3)4)15-14(10-8-2)12(5)6;3-1-2-4/h11-14H,7-10H2,1-6H3;3-4H,1-2H2. The highest BCUT2D eigenvalue weighted by Gasteiger charge is 2.20. The second-order valence-electron chi connectivity index (χ2n) is 5.73. The van der Waals surface area contributed by atoms with Crippen molar-refractivity contribution in [2.24, 2.45) is 11.8 Å². The molecule has 0 heterocycles. The number of rotatable bonds is 9. The Morgan fingerprint density at radius 1 is 0.737 bits per heavy atom. The summed E-state index contributed by atoms with van der Waals surface area (Å²) in [5.74, 6) is 1.28. The topological polar surface area (TPSA) is 49.7 Å². The highest BCUT2D eigenvalue weighted by Crippen LogP contribution is 2.21. The number of hydrogen-bond donors (Lipinski definition) is 2. The molecule has 2 unspecified atom stereocenters. The van der Waals surface area contributed by atoms with Gasteiger partial charge < -0.3 is 14.9 Å². The SMILES string of the molecule is CCCC(OC(CCC)C(C)C)C(C)C.OCCO. The fourth-order valence-electron chi connectivity index (χ4n) is 1.91. The molecule has 0 radical (unpaired) electrons. The van der Waals surface area contributed by atoms with Gasteiger partial charge in [0.1, 0.15) is 0 Å². The number of hydrogen-bond acceptors (Lipinski definition) is 3. The van der Waals surface area contributed by atoms with Gasteiger partial charge in [-0.3, -0.25) is 0 Å². The van der Waals surface area contributed by atoms with E-state index < -0.39 is 0 Å². The van der Waals surface area contributed by atoms with Gasteiger partial charge in [-0.25, -0.2) is 0 Å². The van der Waals surface area contributed by atoms with Crippen molar-refractivity contribution in [3.8, 4) is 0 Å². The first-order valence-corrected chi connectivity index (χ1v) is 7.81. The zero-order chi connectivity index (χ0) is 15.3. The Morgan fingerprint density at radius 2 is 1.05 bits per heavy atom. The summed E-state index contributed by atoms with van der Waals surface area (Å²) < 4.78 is 6.25.